The van der Waals surface area contributed by atoms with Crippen LogP contribution < -0.4 is 0 Å². The first-order chi connectivity index (χ1) is 46.1. The van der Waals surface area contributed by atoms with Gasteiger partial charge < -0.3 is 33.8 Å². The van der Waals surface area contributed by atoms with Gasteiger partial charge in [-0.3, -0.25) is 37.3 Å². The number of ether oxygens (including phenoxy) is 4. The molecule has 0 amide bonds. The summed E-state index contributed by atoms with van der Waals surface area (Å²) in [5.74, 6) is 0.916. The van der Waals surface area contributed by atoms with Crippen LogP contribution in [0.3, 0.4) is 0 Å². The van der Waals surface area contributed by atoms with E-state index in [1.165, 1.54) is 193 Å². The van der Waals surface area contributed by atoms with Gasteiger partial charge in [0.25, 0.3) is 0 Å². The van der Waals surface area contributed by atoms with E-state index in [1.54, 1.807) is 0 Å². The van der Waals surface area contributed by atoms with Crippen LogP contribution in [0.1, 0.15) is 389 Å². The molecule has 0 radical (unpaired) electrons. The third kappa shape index (κ3) is 70.5. The third-order valence-corrected chi connectivity index (χ3v) is 19.7. The molecular formula is C77H150O17P2. The first kappa shape index (κ1) is 94.1. The van der Waals surface area contributed by atoms with Crippen LogP contribution in [0.25, 0.3) is 0 Å². The summed E-state index contributed by atoms with van der Waals surface area (Å²) in [5.41, 5.74) is 0. The zero-order chi connectivity index (χ0) is 71.0. The van der Waals surface area contributed by atoms with Gasteiger partial charge in [-0.15, -0.1) is 0 Å². The standard InChI is InChI=1S/C77H150O17P2/c1-67(2)53-45-37-29-21-17-13-10-9-11-15-19-23-33-41-49-57-74(79)87-63-72(93-76(81)59-51-43-35-24-20-16-12-14-18-22-30-38-46-54-68(3)4)65-91-95(83,84)89-61-71(78)62-90-96(85,86)92-66-73(94-77(82)60-52-44-36-28-26-32-40-48-56-70(7)8)64-88-75(80)58-50-42-34-27-25-31-39-47-55-69(5)6/h67-73,78H,9-66H2,1-8H3,(H,83,84)(H,85,86)/t71?,72-,73-/m1/s1. The minimum atomic E-state index is -4.96. The Kier molecular flexibility index (Phi) is 65.0. The highest BCUT2D eigenvalue weighted by Crippen LogP contribution is 2.45. The topological polar surface area (TPSA) is 237 Å². The summed E-state index contributed by atoms with van der Waals surface area (Å²) in [6.07, 6.45) is 51.4. The molecule has 0 aromatic rings. The summed E-state index contributed by atoms with van der Waals surface area (Å²) < 4.78 is 68.5. The molecule has 5 atom stereocenters. The van der Waals surface area contributed by atoms with Crippen LogP contribution in [0, 0.1) is 23.7 Å². The maximum absolute atomic E-state index is 13.1. The van der Waals surface area contributed by atoms with Crippen molar-refractivity contribution in [3.05, 3.63) is 0 Å². The summed E-state index contributed by atoms with van der Waals surface area (Å²) in [6.45, 7) is 14.2. The van der Waals surface area contributed by atoms with Gasteiger partial charge >= 0.3 is 39.5 Å². The molecule has 0 aromatic carbocycles. The van der Waals surface area contributed by atoms with Gasteiger partial charge in [-0.2, -0.15) is 0 Å². The van der Waals surface area contributed by atoms with Crippen molar-refractivity contribution in [3.8, 4) is 0 Å². The van der Waals surface area contributed by atoms with Crippen LogP contribution in [0.2, 0.25) is 0 Å². The van der Waals surface area contributed by atoms with E-state index < -0.39 is 97.5 Å². The summed E-state index contributed by atoms with van der Waals surface area (Å²) in [4.78, 5) is 72.8. The highest BCUT2D eigenvalue weighted by Gasteiger charge is 2.30. The van der Waals surface area contributed by atoms with Crippen LogP contribution in [0.15, 0.2) is 0 Å². The lowest BCUT2D eigenvalue weighted by molar-refractivity contribution is -0.161. The first-order valence-corrected chi connectivity index (χ1v) is 42.7. The van der Waals surface area contributed by atoms with E-state index in [1.807, 2.05) is 0 Å². The number of hydrogen-bond donors (Lipinski definition) is 3. The monoisotopic (exact) mass is 1410 g/mol. The highest BCUT2D eigenvalue weighted by molar-refractivity contribution is 7.47. The lowest BCUT2D eigenvalue weighted by atomic mass is 10.0. The Labute approximate surface area is 588 Å². The number of carbonyl (C=O) groups is 4. The second kappa shape index (κ2) is 66.3. The van der Waals surface area contributed by atoms with Crippen molar-refractivity contribution in [2.45, 2.75) is 408 Å². The number of carbonyl (C=O) groups excluding carboxylic acids is 4. The lowest BCUT2D eigenvalue weighted by Gasteiger charge is -2.21. The number of esters is 4. The number of phosphoric ester groups is 2. The fraction of sp³-hybridized carbons (Fsp3) is 0.948. The minimum Gasteiger partial charge on any atom is -0.462 e. The van der Waals surface area contributed by atoms with E-state index in [-0.39, 0.29) is 25.7 Å². The quantitative estimate of drug-likeness (QED) is 0.0222. The largest absolute Gasteiger partial charge is 0.472 e. The van der Waals surface area contributed by atoms with E-state index in [0.717, 1.165) is 114 Å². The molecule has 17 nitrogen and oxygen atoms in total. The molecule has 0 fully saturated rings. The van der Waals surface area contributed by atoms with Gasteiger partial charge in [-0.1, -0.05) is 338 Å². The van der Waals surface area contributed by atoms with Crippen LogP contribution in [-0.2, 0) is 65.4 Å². The van der Waals surface area contributed by atoms with E-state index >= 15 is 0 Å². The Bertz CT molecular complexity index is 1880. The molecule has 0 aliphatic rings. The summed E-state index contributed by atoms with van der Waals surface area (Å²) in [6, 6.07) is 0. The van der Waals surface area contributed by atoms with Gasteiger partial charge in [-0.05, 0) is 49.4 Å². The van der Waals surface area contributed by atoms with Gasteiger partial charge in [0.05, 0.1) is 26.4 Å². The summed E-state index contributed by atoms with van der Waals surface area (Å²) >= 11 is 0. The molecule has 96 heavy (non-hydrogen) atoms. The average molecular weight is 1410 g/mol. The van der Waals surface area contributed by atoms with Crippen molar-refractivity contribution >= 4 is 39.5 Å². The molecule has 0 aromatic heterocycles. The highest BCUT2D eigenvalue weighted by atomic mass is 31.2. The Morgan fingerprint density at radius 3 is 0.646 bits per heavy atom. The number of hydrogen-bond acceptors (Lipinski definition) is 15. The molecule has 0 saturated heterocycles. The molecule has 0 aliphatic carbocycles. The molecule has 0 aliphatic heterocycles. The molecular weight excluding hydrogens is 1260 g/mol. The number of aliphatic hydroxyl groups is 1. The van der Waals surface area contributed by atoms with E-state index in [2.05, 4.69) is 55.4 Å². The van der Waals surface area contributed by atoms with E-state index in [0.29, 0.717) is 25.7 Å². The third-order valence-electron chi connectivity index (χ3n) is 17.8. The second-order valence-corrected chi connectivity index (χ2v) is 32.6. The Balaban J connectivity index is 5.24. The summed E-state index contributed by atoms with van der Waals surface area (Å²) in [7, 11) is -9.91. The molecule has 3 N–H and O–H groups in total. The van der Waals surface area contributed by atoms with Crippen molar-refractivity contribution in [1.82, 2.24) is 0 Å². The first-order valence-electron chi connectivity index (χ1n) is 39.7. The number of rotatable bonds is 74. The fourth-order valence-electron chi connectivity index (χ4n) is 11.7. The van der Waals surface area contributed by atoms with Gasteiger partial charge in [-0.25, -0.2) is 9.13 Å². The van der Waals surface area contributed by atoms with Gasteiger partial charge in [0, 0.05) is 25.7 Å². The SMILES string of the molecule is CC(C)CCCCCCCCCCCCCCCCCC(=O)OC[C@H](COP(=O)(O)OCC(O)COP(=O)(O)OC[C@@H](COC(=O)CCCCCCCCCCC(C)C)OC(=O)CCCCCCCCCCC(C)C)OC(=O)CCCCCCCCCCCCCCCC(C)C. The molecule has 0 heterocycles. The van der Waals surface area contributed by atoms with Crippen molar-refractivity contribution in [2.75, 3.05) is 39.6 Å². The van der Waals surface area contributed by atoms with Crippen LogP contribution in [0.5, 0.6) is 0 Å². The van der Waals surface area contributed by atoms with Crippen LogP contribution in [0.4, 0.5) is 0 Å². The van der Waals surface area contributed by atoms with Crippen molar-refractivity contribution in [2.24, 2.45) is 23.7 Å². The zero-order valence-electron chi connectivity index (χ0n) is 63.0. The molecule has 0 bridgehead atoms. The normalized spacial score (nSPS) is 14.1. The number of unbranched alkanes of at least 4 members (excludes halogenated alkanes) is 40. The fourth-order valence-corrected chi connectivity index (χ4v) is 13.3. The van der Waals surface area contributed by atoms with Crippen molar-refractivity contribution < 1.29 is 80.2 Å². The van der Waals surface area contributed by atoms with Gasteiger partial charge in [0.15, 0.2) is 12.2 Å². The average Bonchev–Trinajstić information content (AvgIpc) is 1.20. The lowest BCUT2D eigenvalue weighted by Crippen LogP contribution is -2.30. The van der Waals surface area contributed by atoms with Gasteiger partial charge in [0.1, 0.15) is 19.3 Å². The predicted octanol–water partition coefficient (Wildman–Crippen LogP) is 22.4. The molecule has 3 unspecified atom stereocenters. The molecule has 0 rings (SSSR count). The smallest absolute Gasteiger partial charge is 0.462 e. The van der Waals surface area contributed by atoms with E-state index in [9.17, 15) is 43.2 Å². The Hall–Kier alpha value is -1.94. The Morgan fingerprint density at radius 2 is 0.438 bits per heavy atom. The molecule has 19 heteroatoms. The van der Waals surface area contributed by atoms with Crippen LogP contribution in [-0.4, -0.2) is 96.7 Å². The van der Waals surface area contributed by atoms with Gasteiger partial charge in [0.2, 0.25) is 0 Å². The predicted molar refractivity (Wildman–Crippen MR) is 391 cm³/mol. The minimum absolute atomic E-state index is 0.104. The zero-order valence-corrected chi connectivity index (χ0v) is 64.8. The molecule has 570 valence electrons. The second-order valence-electron chi connectivity index (χ2n) is 29.7. The van der Waals surface area contributed by atoms with Crippen molar-refractivity contribution in [1.29, 1.82) is 0 Å². The molecule has 0 saturated carbocycles. The Morgan fingerprint density at radius 1 is 0.260 bits per heavy atom. The number of phosphoric acid groups is 2. The number of aliphatic hydroxyl groups excluding tert-OH is 1. The van der Waals surface area contributed by atoms with E-state index in [4.69, 9.17) is 37.0 Å². The molecule has 0 spiro atoms. The summed E-state index contributed by atoms with van der Waals surface area (Å²) in [5, 5.41) is 10.6. The maximum Gasteiger partial charge on any atom is 0.472 e. The van der Waals surface area contributed by atoms with Crippen LogP contribution >= 0.6 is 15.6 Å². The maximum atomic E-state index is 13.1. The van der Waals surface area contributed by atoms with Crippen molar-refractivity contribution in [3.63, 3.8) is 0 Å².